The van der Waals surface area contributed by atoms with Gasteiger partial charge in [0.1, 0.15) is 11.1 Å². The summed E-state index contributed by atoms with van der Waals surface area (Å²) in [5, 5.41) is 24.3. The molecule has 0 aliphatic heterocycles. The summed E-state index contributed by atoms with van der Waals surface area (Å²) in [6.45, 7) is 0.562. The number of anilines is 1. The van der Waals surface area contributed by atoms with Gasteiger partial charge in [-0.05, 0) is 36.8 Å². The van der Waals surface area contributed by atoms with Gasteiger partial charge < -0.3 is 5.32 Å². The summed E-state index contributed by atoms with van der Waals surface area (Å²) in [7, 11) is 0. The minimum Gasteiger partial charge on any atom is -0.372 e. The van der Waals surface area contributed by atoms with Crippen LogP contribution in [0.25, 0.3) is 0 Å². The first kappa shape index (κ1) is 14.5. The summed E-state index contributed by atoms with van der Waals surface area (Å²) in [6.07, 6.45) is 4.40. The predicted octanol–water partition coefficient (Wildman–Crippen LogP) is 4.02. The third kappa shape index (κ3) is 2.81. The molecule has 0 amide bonds. The first-order valence-corrected chi connectivity index (χ1v) is 8.02. The molecule has 0 atom stereocenters. The largest absolute Gasteiger partial charge is 0.372 e. The zero-order valence-electron chi connectivity index (χ0n) is 12.0. The Bertz CT molecular complexity index is 744. The second-order valence-electron chi connectivity index (χ2n) is 5.30. The molecule has 1 aliphatic rings. The lowest BCUT2D eigenvalue weighted by molar-refractivity contribution is -0.384. The quantitative estimate of drug-likeness (QED) is 0.683. The van der Waals surface area contributed by atoms with Crippen LogP contribution in [0.4, 0.5) is 10.7 Å². The van der Waals surface area contributed by atoms with Gasteiger partial charge in [0.25, 0.3) is 5.69 Å². The van der Waals surface area contributed by atoms with Crippen molar-refractivity contribution in [3.05, 3.63) is 55.9 Å². The first-order valence-electron chi connectivity index (χ1n) is 7.21. The van der Waals surface area contributed by atoms with Gasteiger partial charge in [-0.15, -0.1) is 11.3 Å². The van der Waals surface area contributed by atoms with Crippen LogP contribution in [0.2, 0.25) is 0 Å². The second-order valence-corrected chi connectivity index (χ2v) is 6.41. The molecule has 6 heteroatoms. The van der Waals surface area contributed by atoms with E-state index in [1.165, 1.54) is 29.0 Å². The lowest BCUT2D eigenvalue weighted by Crippen LogP contribution is -2.01. The van der Waals surface area contributed by atoms with Gasteiger partial charge in [-0.25, -0.2) is 0 Å². The molecule has 0 bridgehead atoms. The molecule has 22 heavy (non-hydrogen) atoms. The van der Waals surface area contributed by atoms with Crippen molar-refractivity contribution in [1.29, 1.82) is 5.26 Å². The van der Waals surface area contributed by atoms with Gasteiger partial charge in [0.15, 0.2) is 0 Å². The number of hydrogen-bond acceptors (Lipinski definition) is 5. The average Bonchev–Trinajstić information content (AvgIpc) is 2.90. The number of non-ortho nitro benzene ring substituents is 1. The Morgan fingerprint density at radius 3 is 2.68 bits per heavy atom. The molecule has 5 nitrogen and oxygen atoms in total. The van der Waals surface area contributed by atoms with Crippen molar-refractivity contribution in [2.24, 2.45) is 0 Å². The Kier molecular flexibility index (Phi) is 4.07. The van der Waals surface area contributed by atoms with E-state index in [1.807, 2.05) is 0 Å². The van der Waals surface area contributed by atoms with E-state index in [1.54, 1.807) is 23.5 Å². The summed E-state index contributed by atoms with van der Waals surface area (Å²) in [4.78, 5) is 11.6. The van der Waals surface area contributed by atoms with Crippen molar-refractivity contribution in [3.63, 3.8) is 0 Å². The molecule has 112 valence electrons. The lowest BCUT2D eigenvalue weighted by atomic mass is 9.96. The van der Waals surface area contributed by atoms with Crippen molar-refractivity contribution < 1.29 is 4.92 Å². The SMILES string of the molecule is N#Cc1c(NCc2ccc([N+](=O)[O-])cc2)sc2c1CCCC2. The van der Waals surface area contributed by atoms with E-state index in [2.05, 4.69) is 11.4 Å². The molecule has 0 saturated heterocycles. The standard InChI is InChI=1S/C16H15N3O2S/c17-9-14-13-3-1-2-4-15(13)22-16(14)18-10-11-5-7-12(8-6-11)19(20)21/h5-8,18H,1-4,10H2. The Morgan fingerprint density at radius 1 is 1.27 bits per heavy atom. The molecule has 1 heterocycles. The van der Waals surface area contributed by atoms with Crippen LogP contribution in [0.1, 0.15) is 34.4 Å². The number of thiophene rings is 1. The van der Waals surface area contributed by atoms with Crippen LogP contribution in [0.5, 0.6) is 0 Å². The van der Waals surface area contributed by atoms with Gasteiger partial charge in [0.05, 0.1) is 10.5 Å². The van der Waals surface area contributed by atoms with E-state index in [0.717, 1.165) is 35.4 Å². The Balaban J connectivity index is 1.75. The number of rotatable bonds is 4. The molecule has 0 radical (unpaired) electrons. The van der Waals surface area contributed by atoms with E-state index >= 15 is 0 Å². The van der Waals surface area contributed by atoms with Crippen LogP contribution >= 0.6 is 11.3 Å². The number of nitrogens with zero attached hydrogens (tertiary/aromatic N) is 2. The van der Waals surface area contributed by atoms with Crippen LogP contribution < -0.4 is 5.32 Å². The molecule has 2 aromatic rings. The molecular formula is C16H15N3O2S. The monoisotopic (exact) mass is 313 g/mol. The van der Waals surface area contributed by atoms with Crippen molar-refractivity contribution in [2.75, 3.05) is 5.32 Å². The number of nitriles is 1. The molecule has 0 fully saturated rings. The van der Waals surface area contributed by atoms with E-state index in [0.29, 0.717) is 6.54 Å². The summed E-state index contributed by atoms with van der Waals surface area (Å²) < 4.78 is 0. The van der Waals surface area contributed by atoms with Crippen molar-refractivity contribution >= 4 is 22.0 Å². The number of benzene rings is 1. The van der Waals surface area contributed by atoms with Gasteiger partial charge in [0, 0.05) is 23.6 Å². The topological polar surface area (TPSA) is 79.0 Å². The van der Waals surface area contributed by atoms with E-state index in [-0.39, 0.29) is 5.69 Å². The molecular weight excluding hydrogens is 298 g/mol. The average molecular weight is 313 g/mol. The molecule has 1 aromatic carbocycles. The Morgan fingerprint density at radius 2 is 2.00 bits per heavy atom. The highest BCUT2D eigenvalue weighted by molar-refractivity contribution is 7.16. The second kappa shape index (κ2) is 6.16. The lowest BCUT2D eigenvalue weighted by Gasteiger charge is -2.09. The first-order chi connectivity index (χ1) is 10.7. The smallest absolute Gasteiger partial charge is 0.269 e. The number of fused-ring (bicyclic) bond motifs is 1. The van der Waals surface area contributed by atoms with Crippen LogP contribution in [0.3, 0.4) is 0 Å². The van der Waals surface area contributed by atoms with Crippen LogP contribution in [0.15, 0.2) is 24.3 Å². The Labute approximate surface area is 132 Å². The van der Waals surface area contributed by atoms with Crippen molar-refractivity contribution in [1.82, 2.24) is 0 Å². The number of nitrogens with one attached hydrogen (secondary N) is 1. The fourth-order valence-electron chi connectivity index (χ4n) is 2.73. The minimum absolute atomic E-state index is 0.0908. The van der Waals surface area contributed by atoms with Gasteiger partial charge in [-0.2, -0.15) is 5.26 Å². The normalized spacial score (nSPS) is 13.2. The summed E-state index contributed by atoms with van der Waals surface area (Å²) in [5.74, 6) is 0. The molecule has 3 rings (SSSR count). The summed E-state index contributed by atoms with van der Waals surface area (Å²) in [6, 6.07) is 8.81. The number of nitro groups is 1. The molecule has 0 saturated carbocycles. The van der Waals surface area contributed by atoms with Crippen molar-refractivity contribution in [3.8, 4) is 6.07 Å². The van der Waals surface area contributed by atoms with E-state index in [4.69, 9.17) is 0 Å². The highest BCUT2D eigenvalue weighted by Gasteiger charge is 2.20. The predicted molar refractivity (Wildman–Crippen MR) is 86.1 cm³/mol. The highest BCUT2D eigenvalue weighted by atomic mass is 32.1. The van der Waals surface area contributed by atoms with E-state index < -0.39 is 4.92 Å². The summed E-state index contributed by atoms with van der Waals surface area (Å²) in [5.41, 5.74) is 3.04. The van der Waals surface area contributed by atoms with Crippen LogP contribution in [-0.4, -0.2) is 4.92 Å². The summed E-state index contributed by atoms with van der Waals surface area (Å²) >= 11 is 1.67. The van der Waals surface area contributed by atoms with Crippen LogP contribution in [-0.2, 0) is 19.4 Å². The van der Waals surface area contributed by atoms with Crippen molar-refractivity contribution in [2.45, 2.75) is 32.2 Å². The number of hydrogen-bond donors (Lipinski definition) is 1. The van der Waals surface area contributed by atoms with E-state index in [9.17, 15) is 15.4 Å². The third-order valence-corrected chi connectivity index (χ3v) is 5.13. The van der Waals surface area contributed by atoms with Gasteiger partial charge in [-0.3, -0.25) is 10.1 Å². The maximum absolute atomic E-state index is 10.6. The fraction of sp³-hybridized carbons (Fsp3) is 0.312. The van der Waals surface area contributed by atoms with Gasteiger partial charge >= 0.3 is 0 Å². The molecule has 0 spiro atoms. The van der Waals surface area contributed by atoms with Crippen LogP contribution in [0, 0.1) is 21.4 Å². The third-order valence-electron chi connectivity index (χ3n) is 3.88. The maximum Gasteiger partial charge on any atom is 0.269 e. The molecule has 1 aromatic heterocycles. The molecule has 1 N–H and O–H groups in total. The number of nitro benzene ring substituents is 1. The maximum atomic E-state index is 10.6. The fourth-order valence-corrected chi connectivity index (χ4v) is 3.96. The van der Waals surface area contributed by atoms with Gasteiger partial charge in [-0.1, -0.05) is 12.1 Å². The molecule has 0 unspecified atom stereocenters. The molecule has 1 aliphatic carbocycles. The minimum atomic E-state index is -0.404. The Hall–Kier alpha value is -2.39. The zero-order valence-corrected chi connectivity index (χ0v) is 12.8. The highest BCUT2D eigenvalue weighted by Crippen LogP contribution is 2.37. The number of aryl methyl sites for hydroxylation is 1. The van der Waals surface area contributed by atoms with Gasteiger partial charge in [0.2, 0.25) is 0 Å². The zero-order chi connectivity index (χ0) is 15.5.